The molecule has 6 nitrogen and oxygen atoms in total. The lowest BCUT2D eigenvalue weighted by atomic mass is 9.93. The Labute approximate surface area is 182 Å². The molecule has 0 unspecified atom stereocenters. The zero-order chi connectivity index (χ0) is 22.4. The Morgan fingerprint density at radius 1 is 0.968 bits per heavy atom. The summed E-state index contributed by atoms with van der Waals surface area (Å²) < 4.78 is 14.5. The average Bonchev–Trinajstić information content (AvgIpc) is 2.72. The van der Waals surface area contributed by atoms with Crippen molar-refractivity contribution < 1.29 is 9.47 Å². The second-order valence-corrected chi connectivity index (χ2v) is 8.38. The average molecular weight is 420 g/mol. The van der Waals surface area contributed by atoms with Gasteiger partial charge in [0.05, 0.1) is 25.6 Å². The van der Waals surface area contributed by atoms with Crippen molar-refractivity contribution in [3.63, 3.8) is 0 Å². The number of hydrogen-bond donors (Lipinski definition) is 0. The number of ether oxygens (including phenoxy) is 2. The summed E-state index contributed by atoms with van der Waals surface area (Å²) >= 11 is 0. The molecule has 6 heteroatoms. The van der Waals surface area contributed by atoms with Crippen molar-refractivity contribution in [3.8, 4) is 22.8 Å². The van der Waals surface area contributed by atoms with Crippen LogP contribution in [0.25, 0.3) is 11.3 Å². The van der Waals surface area contributed by atoms with Gasteiger partial charge in [-0.2, -0.15) is 0 Å². The van der Waals surface area contributed by atoms with Crippen molar-refractivity contribution in [1.29, 1.82) is 0 Å². The maximum absolute atomic E-state index is 13.4. The first kappa shape index (κ1) is 21.0. The smallest absolute Gasteiger partial charge is 0.330 e. The summed E-state index contributed by atoms with van der Waals surface area (Å²) in [5, 5.41) is 0. The van der Waals surface area contributed by atoms with E-state index in [4.69, 9.17) is 14.5 Å². The minimum Gasteiger partial charge on any atom is -0.493 e. The fraction of sp³-hybridized carbons (Fsp3) is 0.360. The van der Waals surface area contributed by atoms with Gasteiger partial charge >= 0.3 is 5.69 Å². The number of rotatable bonds is 3. The highest BCUT2D eigenvalue weighted by Gasteiger charge is 2.26. The van der Waals surface area contributed by atoms with E-state index in [-0.39, 0.29) is 11.7 Å². The third kappa shape index (κ3) is 3.46. The van der Waals surface area contributed by atoms with E-state index in [1.165, 1.54) is 5.56 Å². The molecule has 1 aliphatic heterocycles. The highest BCUT2D eigenvalue weighted by atomic mass is 16.5. The Morgan fingerprint density at radius 3 is 2.19 bits per heavy atom. The standard InChI is InChI=1S/C25H29N3O3/c1-14-8-15(2)24(16(3)9-14)26-23-13-20-19-12-22(31-7)21(30-6)11-18(19)10-17(4)28(20)25(29)27(23)5/h8-9,11-13,17H,10H2,1-7H3/b26-23-/t17-/m1/s1. The summed E-state index contributed by atoms with van der Waals surface area (Å²) in [4.78, 5) is 18.3. The summed E-state index contributed by atoms with van der Waals surface area (Å²) in [6.07, 6.45) is 0.745. The molecule has 1 atom stereocenters. The summed E-state index contributed by atoms with van der Waals surface area (Å²) in [7, 11) is 5.04. The predicted molar refractivity (Wildman–Crippen MR) is 123 cm³/mol. The van der Waals surface area contributed by atoms with Crippen LogP contribution in [-0.2, 0) is 13.5 Å². The Morgan fingerprint density at radius 2 is 1.58 bits per heavy atom. The van der Waals surface area contributed by atoms with E-state index in [0.29, 0.717) is 17.0 Å². The number of aryl methyl sites for hydroxylation is 3. The summed E-state index contributed by atoms with van der Waals surface area (Å²) in [5.74, 6) is 1.34. The third-order valence-electron chi connectivity index (χ3n) is 6.07. The van der Waals surface area contributed by atoms with Crippen LogP contribution in [0.4, 0.5) is 5.69 Å². The molecular weight excluding hydrogens is 390 g/mol. The first-order valence-electron chi connectivity index (χ1n) is 10.5. The maximum Gasteiger partial charge on any atom is 0.330 e. The molecule has 0 spiro atoms. The van der Waals surface area contributed by atoms with Crippen molar-refractivity contribution in [1.82, 2.24) is 9.13 Å². The van der Waals surface area contributed by atoms with Gasteiger partial charge in [0.25, 0.3) is 0 Å². The van der Waals surface area contributed by atoms with Crippen molar-refractivity contribution in [3.05, 3.63) is 68.6 Å². The molecule has 0 N–H and O–H groups in total. The van der Waals surface area contributed by atoms with Crippen LogP contribution < -0.4 is 20.7 Å². The molecule has 0 amide bonds. The topological polar surface area (TPSA) is 57.8 Å². The van der Waals surface area contributed by atoms with Crippen LogP contribution in [0.15, 0.2) is 40.1 Å². The van der Waals surface area contributed by atoms with E-state index < -0.39 is 0 Å². The molecule has 4 rings (SSSR count). The van der Waals surface area contributed by atoms with Crippen LogP contribution in [-0.4, -0.2) is 23.4 Å². The van der Waals surface area contributed by atoms with Crippen LogP contribution in [0.3, 0.4) is 0 Å². The lowest BCUT2D eigenvalue weighted by molar-refractivity contribution is 0.354. The van der Waals surface area contributed by atoms with Gasteiger partial charge in [-0.25, -0.2) is 9.79 Å². The van der Waals surface area contributed by atoms with Gasteiger partial charge in [0.15, 0.2) is 11.5 Å². The van der Waals surface area contributed by atoms with Gasteiger partial charge in [-0.15, -0.1) is 0 Å². The zero-order valence-electron chi connectivity index (χ0n) is 19.2. The molecule has 0 saturated carbocycles. The largest absolute Gasteiger partial charge is 0.493 e. The molecule has 0 saturated heterocycles. The Hall–Kier alpha value is -3.28. The molecule has 1 aliphatic rings. The molecule has 0 fully saturated rings. The molecule has 1 aromatic heterocycles. The van der Waals surface area contributed by atoms with E-state index >= 15 is 0 Å². The quantitative estimate of drug-likeness (QED) is 0.641. The van der Waals surface area contributed by atoms with Crippen molar-refractivity contribution in [2.75, 3.05) is 14.2 Å². The van der Waals surface area contributed by atoms with Crippen LogP contribution >= 0.6 is 0 Å². The lowest BCUT2D eigenvalue weighted by Gasteiger charge is -2.28. The van der Waals surface area contributed by atoms with Gasteiger partial charge in [0, 0.05) is 24.7 Å². The molecule has 2 aromatic carbocycles. The number of nitrogens with zero attached hydrogens (tertiary/aromatic N) is 3. The Bertz CT molecular complexity index is 1290. The van der Waals surface area contributed by atoms with Crippen LogP contribution in [0.1, 0.15) is 35.2 Å². The second kappa shape index (κ2) is 7.76. The zero-order valence-corrected chi connectivity index (χ0v) is 19.2. The first-order valence-corrected chi connectivity index (χ1v) is 10.5. The van der Waals surface area contributed by atoms with E-state index in [2.05, 4.69) is 39.8 Å². The van der Waals surface area contributed by atoms with Gasteiger partial charge in [-0.1, -0.05) is 17.7 Å². The number of fused-ring (bicyclic) bond motifs is 3. The van der Waals surface area contributed by atoms with E-state index in [1.807, 2.05) is 22.8 Å². The fourth-order valence-electron chi connectivity index (χ4n) is 4.59. The van der Waals surface area contributed by atoms with Gasteiger partial charge in [0.2, 0.25) is 0 Å². The highest BCUT2D eigenvalue weighted by molar-refractivity contribution is 5.70. The normalized spacial score (nSPS) is 15.5. The molecule has 3 aromatic rings. The molecule has 0 bridgehead atoms. The van der Waals surface area contributed by atoms with Gasteiger partial charge in [0.1, 0.15) is 5.49 Å². The van der Waals surface area contributed by atoms with Gasteiger partial charge < -0.3 is 9.47 Å². The van der Waals surface area contributed by atoms with Crippen molar-refractivity contribution in [2.45, 2.75) is 40.2 Å². The molecule has 31 heavy (non-hydrogen) atoms. The van der Waals surface area contributed by atoms with Crippen molar-refractivity contribution >= 4 is 5.69 Å². The second-order valence-electron chi connectivity index (χ2n) is 8.38. The number of aromatic nitrogens is 2. The summed E-state index contributed by atoms with van der Waals surface area (Å²) in [5.41, 5.74) is 7.79. The van der Waals surface area contributed by atoms with Gasteiger partial charge in [-0.05, 0) is 62.9 Å². The highest BCUT2D eigenvalue weighted by Crippen LogP contribution is 2.40. The first-order chi connectivity index (χ1) is 14.7. The van der Waals surface area contributed by atoms with E-state index in [0.717, 1.165) is 40.1 Å². The SMILES string of the molecule is COc1cc2c(cc1OC)-c1c/c(=N/c3c(C)cc(C)cc3C)n(C)c(=O)n1[C@H](C)C2. The Balaban J connectivity index is 2.03. The Kier molecular flexibility index (Phi) is 5.25. The fourth-order valence-corrected chi connectivity index (χ4v) is 4.59. The molecular formula is C25H29N3O3. The van der Waals surface area contributed by atoms with Gasteiger partial charge in [-0.3, -0.25) is 9.13 Å². The monoisotopic (exact) mass is 419 g/mol. The van der Waals surface area contributed by atoms with E-state index in [9.17, 15) is 4.79 Å². The molecule has 0 aliphatic carbocycles. The minimum atomic E-state index is -0.0772. The minimum absolute atomic E-state index is 0.0243. The molecule has 0 radical (unpaired) electrons. The number of benzene rings is 2. The number of hydrogen-bond acceptors (Lipinski definition) is 4. The summed E-state index contributed by atoms with van der Waals surface area (Å²) in [6, 6.07) is 10.2. The lowest BCUT2D eigenvalue weighted by Crippen LogP contribution is -2.41. The predicted octanol–water partition coefficient (Wildman–Crippen LogP) is 4.15. The third-order valence-corrected chi connectivity index (χ3v) is 6.07. The van der Waals surface area contributed by atoms with Crippen LogP contribution in [0.5, 0.6) is 11.5 Å². The van der Waals surface area contributed by atoms with Crippen LogP contribution in [0, 0.1) is 20.8 Å². The number of methoxy groups -OCH3 is 2. The summed E-state index contributed by atoms with van der Waals surface area (Å²) in [6.45, 7) is 8.25. The molecule has 162 valence electrons. The van der Waals surface area contributed by atoms with Crippen LogP contribution in [0.2, 0.25) is 0 Å². The van der Waals surface area contributed by atoms with Crippen molar-refractivity contribution in [2.24, 2.45) is 12.0 Å². The maximum atomic E-state index is 13.4. The van der Waals surface area contributed by atoms with E-state index in [1.54, 1.807) is 25.8 Å². The molecule has 2 heterocycles.